The number of rotatable bonds is 8. The van der Waals surface area contributed by atoms with Gasteiger partial charge in [-0.3, -0.25) is 9.20 Å². The number of ether oxygens (including phenoxy) is 1. The fourth-order valence-corrected chi connectivity index (χ4v) is 4.11. The van der Waals surface area contributed by atoms with Crippen molar-refractivity contribution in [3.8, 4) is 5.75 Å². The van der Waals surface area contributed by atoms with Crippen LogP contribution >= 0.6 is 11.8 Å². The van der Waals surface area contributed by atoms with E-state index in [2.05, 4.69) is 26.3 Å². The van der Waals surface area contributed by atoms with Crippen molar-refractivity contribution in [2.45, 2.75) is 25.1 Å². The van der Waals surface area contributed by atoms with Crippen LogP contribution in [0.25, 0.3) is 16.6 Å². The molecule has 0 aliphatic rings. The number of benzene rings is 2. The van der Waals surface area contributed by atoms with Gasteiger partial charge in [0.05, 0.1) is 11.3 Å². The van der Waals surface area contributed by atoms with Crippen LogP contribution in [-0.4, -0.2) is 39.4 Å². The molecule has 31 heavy (non-hydrogen) atoms. The number of aryl methyl sites for hydroxylation is 1. The maximum Gasteiger partial charge on any atom is 0.387 e. The van der Waals surface area contributed by atoms with Crippen molar-refractivity contribution in [3.05, 3.63) is 65.7 Å². The standard InChI is InChI=1S/C22H20F2N4O2S/c1-14-12-19-26-27-22(28(19)18-5-3-2-4-17(14)18)31-13-20(29)25-11-10-15-6-8-16(9-7-15)30-21(23)24/h2-9,12,21H,10-11,13H2,1H3,(H,25,29). The molecule has 9 heteroatoms. The predicted molar refractivity (Wildman–Crippen MR) is 116 cm³/mol. The molecule has 2 aromatic carbocycles. The normalized spacial score (nSPS) is 11.4. The zero-order chi connectivity index (χ0) is 21.8. The van der Waals surface area contributed by atoms with Gasteiger partial charge in [-0.05, 0) is 48.7 Å². The van der Waals surface area contributed by atoms with Crippen LogP contribution in [-0.2, 0) is 11.2 Å². The van der Waals surface area contributed by atoms with Crippen molar-refractivity contribution in [2.75, 3.05) is 12.3 Å². The van der Waals surface area contributed by atoms with E-state index in [9.17, 15) is 13.6 Å². The van der Waals surface area contributed by atoms with Gasteiger partial charge in [-0.15, -0.1) is 10.2 Å². The molecule has 2 aromatic heterocycles. The molecular weight excluding hydrogens is 422 g/mol. The number of pyridine rings is 1. The number of hydrogen-bond donors (Lipinski definition) is 1. The monoisotopic (exact) mass is 442 g/mol. The Morgan fingerprint density at radius 2 is 1.94 bits per heavy atom. The summed E-state index contributed by atoms with van der Waals surface area (Å²) in [5.74, 6) is 0.211. The number of carbonyl (C=O) groups is 1. The lowest BCUT2D eigenvalue weighted by molar-refractivity contribution is -0.118. The van der Waals surface area contributed by atoms with Gasteiger partial charge in [0, 0.05) is 11.9 Å². The largest absolute Gasteiger partial charge is 0.435 e. The van der Waals surface area contributed by atoms with Crippen molar-refractivity contribution in [2.24, 2.45) is 0 Å². The second-order valence-electron chi connectivity index (χ2n) is 6.93. The molecule has 0 saturated heterocycles. The third-order valence-corrected chi connectivity index (χ3v) is 5.72. The summed E-state index contributed by atoms with van der Waals surface area (Å²) in [5, 5.41) is 13.1. The number of amides is 1. The predicted octanol–water partition coefficient (Wildman–Crippen LogP) is 4.24. The average Bonchev–Trinajstić information content (AvgIpc) is 3.16. The molecule has 0 fully saturated rings. The van der Waals surface area contributed by atoms with Gasteiger partial charge in [0.25, 0.3) is 0 Å². The highest BCUT2D eigenvalue weighted by Crippen LogP contribution is 2.25. The van der Waals surface area contributed by atoms with Gasteiger partial charge in [-0.1, -0.05) is 42.1 Å². The molecule has 4 aromatic rings. The Labute approximate surface area is 181 Å². The van der Waals surface area contributed by atoms with Crippen LogP contribution in [0.4, 0.5) is 8.78 Å². The number of halogens is 2. The number of nitrogens with one attached hydrogen (secondary N) is 1. The Kier molecular flexibility index (Phi) is 6.31. The Hall–Kier alpha value is -3.20. The smallest absolute Gasteiger partial charge is 0.387 e. The zero-order valence-corrected chi connectivity index (χ0v) is 17.5. The van der Waals surface area contributed by atoms with Gasteiger partial charge in [-0.25, -0.2) is 0 Å². The molecule has 2 heterocycles. The van der Waals surface area contributed by atoms with Crippen molar-refractivity contribution in [1.29, 1.82) is 0 Å². The van der Waals surface area contributed by atoms with Crippen LogP contribution in [0.15, 0.2) is 59.8 Å². The Morgan fingerprint density at radius 3 is 2.71 bits per heavy atom. The molecule has 0 saturated carbocycles. The molecule has 0 radical (unpaired) electrons. The topological polar surface area (TPSA) is 68.5 Å². The minimum Gasteiger partial charge on any atom is -0.435 e. The Morgan fingerprint density at radius 1 is 1.16 bits per heavy atom. The summed E-state index contributed by atoms with van der Waals surface area (Å²) in [6.45, 7) is -0.361. The third-order valence-electron chi connectivity index (χ3n) is 4.79. The number of fused-ring (bicyclic) bond motifs is 3. The fourth-order valence-electron chi connectivity index (χ4n) is 3.33. The Bertz CT molecular complexity index is 1210. The van der Waals surface area contributed by atoms with Crippen LogP contribution in [0.3, 0.4) is 0 Å². The van der Waals surface area contributed by atoms with E-state index in [1.807, 2.05) is 35.6 Å². The number of nitrogens with zero attached hydrogens (tertiary/aromatic N) is 3. The molecule has 0 aliphatic heterocycles. The van der Waals surface area contributed by atoms with Crippen LogP contribution in [0.1, 0.15) is 11.1 Å². The van der Waals surface area contributed by atoms with E-state index in [-0.39, 0.29) is 17.4 Å². The van der Waals surface area contributed by atoms with Crippen LogP contribution in [0, 0.1) is 6.92 Å². The first-order valence-corrected chi connectivity index (χ1v) is 10.7. The van der Waals surface area contributed by atoms with Crippen LogP contribution in [0.2, 0.25) is 0 Å². The SMILES string of the molecule is Cc1cc2nnc(SCC(=O)NCCc3ccc(OC(F)F)cc3)n2c2ccccc12. The van der Waals surface area contributed by atoms with Gasteiger partial charge in [0.2, 0.25) is 5.91 Å². The first-order chi connectivity index (χ1) is 15.0. The molecule has 1 amide bonds. The summed E-state index contributed by atoms with van der Waals surface area (Å²) in [5.41, 5.74) is 3.79. The lowest BCUT2D eigenvalue weighted by atomic mass is 10.1. The quantitative estimate of drug-likeness (QED) is 0.414. The number of thioether (sulfide) groups is 1. The zero-order valence-electron chi connectivity index (χ0n) is 16.7. The Balaban J connectivity index is 1.33. The molecule has 0 aliphatic carbocycles. The van der Waals surface area contributed by atoms with E-state index in [4.69, 9.17) is 0 Å². The number of alkyl halides is 2. The minimum absolute atomic E-state index is 0.113. The first-order valence-electron chi connectivity index (χ1n) is 9.68. The third kappa shape index (κ3) is 4.93. The molecular formula is C22H20F2N4O2S. The second-order valence-corrected chi connectivity index (χ2v) is 7.87. The van der Waals surface area contributed by atoms with Gasteiger partial charge in [0.15, 0.2) is 10.8 Å². The molecule has 0 atom stereocenters. The highest BCUT2D eigenvalue weighted by molar-refractivity contribution is 7.99. The van der Waals surface area contributed by atoms with E-state index >= 15 is 0 Å². The van der Waals surface area contributed by atoms with Crippen molar-refractivity contribution < 1.29 is 18.3 Å². The number of aromatic nitrogens is 3. The highest BCUT2D eigenvalue weighted by Gasteiger charge is 2.13. The lowest BCUT2D eigenvalue weighted by Crippen LogP contribution is -2.27. The first kappa shape index (κ1) is 21.0. The van der Waals surface area contributed by atoms with E-state index in [1.54, 1.807) is 12.1 Å². The van der Waals surface area contributed by atoms with Gasteiger partial charge >= 0.3 is 6.61 Å². The maximum absolute atomic E-state index is 12.3. The van der Waals surface area contributed by atoms with Crippen molar-refractivity contribution in [3.63, 3.8) is 0 Å². The number of para-hydroxylation sites is 1. The summed E-state index contributed by atoms with van der Waals surface area (Å²) in [6, 6.07) is 16.4. The second kappa shape index (κ2) is 9.30. The van der Waals surface area contributed by atoms with Crippen molar-refractivity contribution in [1.82, 2.24) is 19.9 Å². The molecule has 4 rings (SSSR count). The molecule has 6 nitrogen and oxygen atoms in total. The number of carbonyl (C=O) groups excluding carboxylic acids is 1. The van der Waals surface area contributed by atoms with Gasteiger partial charge in [-0.2, -0.15) is 8.78 Å². The minimum atomic E-state index is -2.84. The summed E-state index contributed by atoms with van der Waals surface area (Å²) < 4.78 is 30.7. The summed E-state index contributed by atoms with van der Waals surface area (Å²) in [4.78, 5) is 12.3. The van der Waals surface area contributed by atoms with E-state index in [0.717, 1.165) is 27.7 Å². The van der Waals surface area contributed by atoms with E-state index in [1.165, 1.54) is 23.9 Å². The molecule has 160 valence electrons. The number of hydrogen-bond acceptors (Lipinski definition) is 5. The van der Waals surface area contributed by atoms with E-state index in [0.29, 0.717) is 18.1 Å². The van der Waals surface area contributed by atoms with Crippen molar-refractivity contribution >= 4 is 34.2 Å². The summed E-state index contributed by atoms with van der Waals surface area (Å²) in [7, 11) is 0. The molecule has 0 unspecified atom stereocenters. The highest BCUT2D eigenvalue weighted by atomic mass is 32.2. The van der Waals surface area contributed by atoms with E-state index < -0.39 is 6.61 Å². The maximum atomic E-state index is 12.3. The summed E-state index contributed by atoms with van der Waals surface area (Å²) >= 11 is 1.33. The fraction of sp³-hybridized carbons (Fsp3) is 0.227. The molecule has 0 spiro atoms. The lowest BCUT2D eigenvalue weighted by Gasteiger charge is -2.08. The average molecular weight is 442 g/mol. The van der Waals surface area contributed by atoms with Gasteiger partial charge < -0.3 is 10.1 Å². The van der Waals surface area contributed by atoms with Crippen LogP contribution in [0.5, 0.6) is 5.75 Å². The van der Waals surface area contributed by atoms with Crippen LogP contribution < -0.4 is 10.1 Å². The van der Waals surface area contributed by atoms with Gasteiger partial charge in [0.1, 0.15) is 5.75 Å². The molecule has 1 N–H and O–H groups in total. The summed E-state index contributed by atoms with van der Waals surface area (Å²) in [6.07, 6.45) is 0.586. The molecule has 0 bridgehead atoms.